The van der Waals surface area contributed by atoms with Gasteiger partial charge in [-0.25, -0.2) is 0 Å². The summed E-state index contributed by atoms with van der Waals surface area (Å²) >= 11 is 3.47. The lowest BCUT2D eigenvalue weighted by molar-refractivity contribution is 0.112. The molecule has 0 aliphatic carbocycles. The van der Waals surface area contributed by atoms with Crippen LogP contribution in [0.2, 0.25) is 0 Å². The van der Waals surface area contributed by atoms with E-state index in [0.717, 1.165) is 22.9 Å². The average Bonchev–Trinajstić information content (AvgIpc) is 2.40. The minimum atomic E-state index is 0.665. The molecule has 1 aromatic carbocycles. The molecule has 18 heavy (non-hydrogen) atoms. The summed E-state index contributed by atoms with van der Waals surface area (Å²) in [6, 6.07) is 6.72. The second kappa shape index (κ2) is 6.37. The predicted molar refractivity (Wildman–Crippen MR) is 79.4 cm³/mol. The highest BCUT2D eigenvalue weighted by Crippen LogP contribution is 2.30. The summed E-state index contributed by atoms with van der Waals surface area (Å²) in [5, 5.41) is 0. The Morgan fingerprint density at radius 1 is 1.44 bits per heavy atom. The molecule has 0 bridgehead atoms. The molecule has 1 heterocycles. The van der Waals surface area contributed by atoms with Crippen molar-refractivity contribution in [2.75, 3.05) is 11.4 Å². The number of hydrogen-bond acceptors (Lipinski definition) is 2. The van der Waals surface area contributed by atoms with Crippen LogP contribution in [0.4, 0.5) is 5.69 Å². The number of hydrogen-bond donors (Lipinski definition) is 0. The van der Waals surface area contributed by atoms with Crippen molar-refractivity contribution in [3.63, 3.8) is 0 Å². The highest BCUT2D eigenvalue weighted by atomic mass is 79.9. The molecule has 0 aromatic heterocycles. The first-order valence-electron chi connectivity index (χ1n) is 6.77. The highest BCUT2D eigenvalue weighted by molar-refractivity contribution is 9.10. The largest absolute Gasteiger partial charge is 0.369 e. The third kappa shape index (κ3) is 2.94. The molecule has 0 N–H and O–H groups in total. The summed E-state index contributed by atoms with van der Waals surface area (Å²) < 4.78 is 0.899. The van der Waals surface area contributed by atoms with E-state index in [4.69, 9.17) is 0 Å². The molecule has 1 aliphatic heterocycles. The van der Waals surface area contributed by atoms with E-state index in [1.54, 1.807) is 0 Å². The maximum absolute atomic E-state index is 10.8. The van der Waals surface area contributed by atoms with E-state index in [-0.39, 0.29) is 0 Å². The lowest BCUT2D eigenvalue weighted by Crippen LogP contribution is -2.39. The topological polar surface area (TPSA) is 20.3 Å². The molecule has 1 fully saturated rings. The fourth-order valence-electron chi connectivity index (χ4n) is 2.76. The van der Waals surface area contributed by atoms with Gasteiger partial charge in [0.05, 0.1) is 0 Å². The Kier molecular flexibility index (Phi) is 4.81. The summed E-state index contributed by atoms with van der Waals surface area (Å²) in [6.07, 6.45) is 7.29. The Hall–Kier alpha value is -0.830. The van der Waals surface area contributed by atoms with Gasteiger partial charge in [-0.2, -0.15) is 0 Å². The van der Waals surface area contributed by atoms with Gasteiger partial charge in [-0.05, 0) is 59.8 Å². The van der Waals surface area contributed by atoms with Crippen molar-refractivity contribution in [2.45, 2.75) is 45.1 Å². The summed E-state index contributed by atoms with van der Waals surface area (Å²) in [5.41, 5.74) is 1.97. The van der Waals surface area contributed by atoms with Crippen LogP contribution >= 0.6 is 15.9 Å². The molecular weight excluding hydrogens is 290 g/mol. The van der Waals surface area contributed by atoms with Gasteiger partial charge in [0.2, 0.25) is 0 Å². The van der Waals surface area contributed by atoms with Crippen LogP contribution in [0.25, 0.3) is 0 Å². The summed E-state index contributed by atoms with van der Waals surface area (Å²) in [6.45, 7) is 3.38. The molecule has 0 amide bonds. The maximum Gasteiger partial charge on any atom is 0.151 e. The Morgan fingerprint density at radius 2 is 2.28 bits per heavy atom. The molecule has 1 aliphatic rings. The fourth-order valence-corrected chi connectivity index (χ4v) is 3.22. The third-order valence-electron chi connectivity index (χ3n) is 3.69. The van der Waals surface area contributed by atoms with E-state index in [1.165, 1.54) is 37.8 Å². The molecule has 0 spiro atoms. The number of benzene rings is 1. The molecule has 3 heteroatoms. The van der Waals surface area contributed by atoms with Gasteiger partial charge in [0.25, 0.3) is 0 Å². The lowest BCUT2D eigenvalue weighted by Gasteiger charge is -2.37. The van der Waals surface area contributed by atoms with Crippen molar-refractivity contribution in [1.82, 2.24) is 0 Å². The second-order valence-corrected chi connectivity index (χ2v) is 5.81. The fraction of sp³-hybridized carbons (Fsp3) is 0.533. The van der Waals surface area contributed by atoms with E-state index in [9.17, 15) is 4.79 Å². The Labute approximate surface area is 117 Å². The number of nitrogens with zero attached hydrogens (tertiary/aromatic N) is 1. The zero-order valence-electron chi connectivity index (χ0n) is 10.9. The Morgan fingerprint density at radius 3 is 2.94 bits per heavy atom. The minimum absolute atomic E-state index is 0.665. The van der Waals surface area contributed by atoms with E-state index >= 15 is 0 Å². The second-order valence-electron chi connectivity index (χ2n) is 4.96. The van der Waals surface area contributed by atoms with Gasteiger partial charge in [0.1, 0.15) is 0 Å². The Balaban J connectivity index is 2.22. The smallest absolute Gasteiger partial charge is 0.151 e. The quantitative estimate of drug-likeness (QED) is 0.767. The highest BCUT2D eigenvalue weighted by Gasteiger charge is 2.22. The number of piperidine rings is 1. The molecule has 1 aromatic rings. The predicted octanol–water partition coefficient (Wildman–Crippen LogP) is 4.42. The SMILES string of the molecule is CCCC1CCCCN1c1ccc(C=O)c(Br)c1. The number of carbonyl (C=O) groups is 1. The molecule has 1 saturated heterocycles. The molecule has 2 nitrogen and oxygen atoms in total. The normalized spacial score (nSPS) is 19.9. The van der Waals surface area contributed by atoms with Crippen molar-refractivity contribution in [3.05, 3.63) is 28.2 Å². The van der Waals surface area contributed by atoms with Gasteiger partial charge >= 0.3 is 0 Å². The van der Waals surface area contributed by atoms with E-state index < -0.39 is 0 Å². The zero-order chi connectivity index (χ0) is 13.0. The lowest BCUT2D eigenvalue weighted by atomic mass is 9.97. The molecule has 0 radical (unpaired) electrons. The van der Waals surface area contributed by atoms with Gasteiger partial charge in [0.15, 0.2) is 6.29 Å². The van der Waals surface area contributed by atoms with Gasteiger partial charge in [-0.15, -0.1) is 0 Å². The van der Waals surface area contributed by atoms with E-state index in [2.05, 4.69) is 39.9 Å². The standard InChI is InChI=1S/C15H20BrNO/c1-2-5-13-6-3-4-9-17(13)14-8-7-12(11-18)15(16)10-14/h7-8,10-11,13H,2-6,9H2,1H3. The molecular formula is C15H20BrNO. The summed E-state index contributed by atoms with van der Waals surface area (Å²) in [7, 11) is 0. The Bertz CT molecular complexity index is 417. The number of rotatable bonds is 4. The van der Waals surface area contributed by atoms with Gasteiger partial charge < -0.3 is 4.90 Å². The molecule has 0 saturated carbocycles. The first-order valence-corrected chi connectivity index (χ1v) is 7.57. The maximum atomic E-state index is 10.8. The van der Waals surface area contributed by atoms with E-state index in [0.29, 0.717) is 6.04 Å². The van der Waals surface area contributed by atoms with Crippen LogP contribution in [0.1, 0.15) is 49.4 Å². The van der Waals surface area contributed by atoms with Crippen LogP contribution in [-0.2, 0) is 0 Å². The number of anilines is 1. The number of aldehydes is 1. The summed E-state index contributed by atoms with van der Waals surface area (Å²) in [5.74, 6) is 0. The third-order valence-corrected chi connectivity index (χ3v) is 4.38. The van der Waals surface area contributed by atoms with Gasteiger partial charge in [-0.1, -0.05) is 13.3 Å². The van der Waals surface area contributed by atoms with Crippen LogP contribution < -0.4 is 4.90 Å². The first kappa shape index (κ1) is 13.6. The van der Waals surface area contributed by atoms with Crippen molar-refractivity contribution in [2.24, 2.45) is 0 Å². The molecule has 2 rings (SSSR count). The summed E-state index contributed by atoms with van der Waals surface area (Å²) in [4.78, 5) is 13.3. The van der Waals surface area contributed by atoms with Crippen LogP contribution in [0, 0.1) is 0 Å². The first-order chi connectivity index (χ1) is 8.76. The monoisotopic (exact) mass is 309 g/mol. The van der Waals surface area contributed by atoms with Crippen molar-refractivity contribution in [1.29, 1.82) is 0 Å². The minimum Gasteiger partial charge on any atom is -0.369 e. The van der Waals surface area contributed by atoms with Gasteiger partial charge in [0, 0.05) is 28.3 Å². The molecule has 1 atom stereocenters. The van der Waals surface area contributed by atoms with Crippen molar-refractivity contribution < 1.29 is 4.79 Å². The van der Waals surface area contributed by atoms with Crippen LogP contribution in [0.3, 0.4) is 0 Å². The van der Waals surface area contributed by atoms with Crippen LogP contribution in [0.5, 0.6) is 0 Å². The molecule has 1 unspecified atom stereocenters. The molecule has 98 valence electrons. The van der Waals surface area contributed by atoms with Crippen molar-refractivity contribution >= 4 is 27.9 Å². The van der Waals surface area contributed by atoms with Crippen molar-refractivity contribution in [3.8, 4) is 0 Å². The average molecular weight is 310 g/mol. The number of halogens is 1. The number of carbonyl (C=O) groups excluding carboxylic acids is 1. The van der Waals surface area contributed by atoms with Gasteiger partial charge in [-0.3, -0.25) is 4.79 Å². The van der Waals surface area contributed by atoms with Crippen LogP contribution in [-0.4, -0.2) is 18.9 Å². The van der Waals surface area contributed by atoms with Crippen LogP contribution in [0.15, 0.2) is 22.7 Å². The van der Waals surface area contributed by atoms with E-state index in [1.807, 2.05) is 6.07 Å². The zero-order valence-corrected chi connectivity index (χ0v) is 12.4.